The average molecular weight is 327 g/mol. The summed E-state index contributed by atoms with van der Waals surface area (Å²) in [4.78, 5) is 4.40. The molecule has 0 saturated carbocycles. The van der Waals surface area contributed by atoms with Gasteiger partial charge in [0.05, 0.1) is 11.7 Å². The largest absolute Gasteiger partial charge is 0.308 e. The van der Waals surface area contributed by atoms with Gasteiger partial charge in [-0.3, -0.25) is 4.98 Å². The number of aromatic nitrogens is 3. The van der Waals surface area contributed by atoms with Crippen molar-refractivity contribution in [3.8, 4) is 0 Å². The number of rotatable bonds is 6. The predicted molar refractivity (Wildman–Crippen MR) is 76.6 cm³/mol. The molecule has 0 bridgehead atoms. The summed E-state index contributed by atoms with van der Waals surface area (Å²) in [5, 5.41) is 9.63. The third-order valence-corrected chi connectivity index (χ3v) is 3.57. The van der Waals surface area contributed by atoms with Crippen molar-refractivity contribution < 1.29 is 0 Å². The lowest BCUT2D eigenvalue weighted by atomic mass is 10.1. The molecule has 1 N–H and O–H groups in total. The molecule has 0 spiro atoms. The van der Waals surface area contributed by atoms with E-state index in [4.69, 9.17) is 0 Å². The van der Waals surface area contributed by atoms with Gasteiger partial charge < -0.3 is 5.32 Å². The Balaban J connectivity index is 2.07. The molecule has 2 heterocycles. The molecule has 6 heteroatoms. The van der Waals surface area contributed by atoms with E-state index in [0.29, 0.717) is 0 Å². The first-order chi connectivity index (χ1) is 8.79. The van der Waals surface area contributed by atoms with Crippen LogP contribution in [0.25, 0.3) is 0 Å². The maximum atomic E-state index is 4.40. The van der Waals surface area contributed by atoms with E-state index in [1.807, 2.05) is 23.7 Å². The van der Waals surface area contributed by atoms with Crippen molar-refractivity contribution in [2.75, 3.05) is 6.54 Å². The number of nitrogens with zero attached hydrogens (tertiary/aromatic N) is 3. The van der Waals surface area contributed by atoms with E-state index >= 15 is 0 Å². The van der Waals surface area contributed by atoms with E-state index in [1.54, 1.807) is 0 Å². The Morgan fingerprint density at radius 2 is 2.33 bits per heavy atom. The second kappa shape index (κ2) is 6.92. The zero-order chi connectivity index (χ0) is 12.8. The van der Waals surface area contributed by atoms with Crippen LogP contribution in [0, 0.1) is 0 Å². The Bertz CT molecular complexity index is 457. The van der Waals surface area contributed by atoms with Crippen LogP contribution in [-0.4, -0.2) is 21.1 Å². The van der Waals surface area contributed by atoms with Crippen LogP contribution in [0.1, 0.15) is 30.8 Å². The van der Waals surface area contributed by atoms with E-state index in [1.165, 1.54) is 11.5 Å². The smallest absolute Gasteiger partial charge is 0.0928 e. The minimum Gasteiger partial charge on any atom is -0.308 e. The van der Waals surface area contributed by atoms with Gasteiger partial charge in [0, 0.05) is 28.2 Å². The first-order valence-electron chi connectivity index (χ1n) is 5.90. The monoisotopic (exact) mass is 326 g/mol. The van der Waals surface area contributed by atoms with Crippen molar-refractivity contribution in [2.24, 2.45) is 0 Å². The van der Waals surface area contributed by atoms with Crippen molar-refractivity contribution in [3.63, 3.8) is 0 Å². The summed E-state index contributed by atoms with van der Waals surface area (Å²) in [5.41, 5.74) is 2.05. The Kier molecular flexibility index (Phi) is 5.22. The minimum absolute atomic E-state index is 0.192. The van der Waals surface area contributed by atoms with E-state index in [0.717, 1.165) is 35.2 Å². The SMILES string of the molecule is CCCNC(Cc1ccc(Br)cn1)c1csnn1. The van der Waals surface area contributed by atoms with Crippen LogP contribution in [0.4, 0.5) is 0 Å². The number of nitrogens with one attached hydrogen (secondary N) is 1. The zero-order valence-electron chi connectivity index (χ0n) is 10.1. The molecule has 0 saturated heterocycles. The van der Waals surface area contributed by atoms with Crippen LogP contribution < -0.4 is 5.32 Å². The summed E-state index contributed by atoms with van der Waals surface area (Å²) >= 11 is 4.78. The highest BCUT2D eigenvalue weighted by atomic mass is 79.9. The Hall–Kier alpha value is -0.850. The molecule has 96 valence electrons. The summed E-state index contributed by atoms with van der Waals surface area (Å²) in [7, 11) is 0. The van der Waals surface area contributed by atoms with E-state index < -0.39 is 0 Å². The molecule has 0 radical (unpaired) electrons. The van der Waals surface area contributed by atoms with Gasteiger partial charge in [-0.15, -0.1) is 5.10 Å². The van der Waals surface area contributed by atoms with Gasteiger partial charge >= 0.3 is 0 Å². The molecule has 2 aromatic rings. The van der Waals surface area contributed by atoms with Gasteiger partial charge in [-0.1, -0.05) is 11.4 Å². The maximum absolute atomic E-state index is 4.40. The van der Waals surface area contributed by atoms with Gasteiger partial charge in [0.25, 0.3) is 0 Å². The molecule has 4 nitrogen and oxygen atoms in total. The predicted octanol–water partition coefficient (Wildman–Crippen LogP) is 2.98. The first-order valence-corrected chi connectivity index (χ1v) is 7.53. The van der Waals surface area contributed by atoms with Gasteiger partial charge in [-0.05, 0) is 52.6 Å². The van der Waals surface area contributed by atoms with Gasteiger partial charge in [0.15, 0.2) is 0 Å². The first kappa shape index (κ1) is 13.6. The molecule has 0 aliphatic heterocycles. The fraction of sp³-hybridized carbons (Fsp3) is 0.417. The zero-order valence-corrected chi connectivity index (χ0v) is 12.5. The highest BCUT2D eigenvalue weighted by Crippen LogP contribution is 2.17. The normalized spacial score (nSPS) is 12.6. The molecule has 2 rings (SSSR count). The van der Waals surface area contributed by atoms with Crippen LogP contribution in [0.15, 0.2) is 28.2 Å². The van der Waals surface area contributed by atoms with E-state index in [2.05, 4.69) is 42.7 Å². The average Bonchev–Trinajstić information content (AvgIpc) is 2.90. The lowest BCUT2D eigenvalue weighted by Gasteiger charge is -2.15. The number of halogens is 1. The highest BCUT2D eigenvalue weighted by molar-refractivity contribution is 9.10. The van der Waals surface area contributed by atoms with Crippen LogP contribution in [-0.2, 0) is 6.42 Å². The van der Waals surface area contributed by atoms with Gasteiger partial charge in [0.2, 0.25) is 0 Å². The molecular weight excluding hydrogens is 312 g/mol. The summed E-state index contributed by atoms with van der Waals surface area (Å²) in [6.45, 7) is 3.12. The number of hydrogen-bond acceptors (Lipinski definition) is 5. The molecule has 0 aliphatic rings. The molecule has 0 amide bonds. The van der Waals surface area contributed by atoms with Crippen molar-refractivity contribution in [2.45, 2.75) is 25.8 Å². The number of hydrogen-bond donors (Lipinski definition) is 1. The second-order valence-electron chi connectivity index (χ2n) is 4.01. The van der Waals surface area contributed by atoms with E-state index in [-0.39, 0.29) is 6.04 Å². The van der Waals surface area contributed by atoms with Gasteiger partial charge in [-0.2, -0.15) is 0 Å². The fourth-order valence-electron chi connectivity index (χ4n) is 1.66. The summed E-state index contributed by atoms with van der Waals surface area (Å²) in [6.07, 6.45) is 3.76. The highest BCUT2D eigenvalue weighted by Gasteiger charge is 2.14. The van der Waals surface area contributed by atoms with Crippen molar-refractivity contribution >= 4 is 27.5 Å². The Labute approximate surface area is 119 Å². The quantitative estimate of drug-likeness (QED) is 0.886. The minimum atomic E-state index is 0.192. The Morgan fingerprint density at radius 1 is 1.44 bits per heavy atom. The second-order valence-corrected chi connectivity index (χ2v) is 5.53. The molecule has 1 atom stereocenters. The van der Waals surface area contributed by atoms with Crippen molar-refractivity contribution in [3.05, 3.63) is 39.6 Å². The van der Waals surface area contributed by atoms with Crippen LogP contribution in [0.3, 0.4) is 0 Å². The molecule has 18 heavy (non-hydrogen) atoms. The van der Waals surface area contributed by atoms with Crippen LogP contribution >= 0.6 is 27.5 Å². The lowest BCUT2D eigenvalue weighted by molar-refractivity contribution is 0.512. The molecule has 2 aromatic heterocycles. The van der Waals surface area contributed by atoms with Crippen LogP contribution in [0.2, 0.25) is 0 Å². The summed E-state index contributed by atoms with van der Waals surface area (Å²) < 4.78 is 4.93. The molecule has 1 unspecified atom stereocenters. The standard InChI is InChI=1S/C12H15BrN4S/c1-2-5-14-11(12-8-18-17-16-12)6-10-4-3-9(13)7-15-10/h3-4,7-8,11,14H,2,5-6H2,1H3. The Morgan fingerprint density at radius 3 is 2.94 bits per heavy atom. The maximum Gasteiger partial charge on any atom is 0.0928 e. The van der Waals surface area contributed by atoms with Crippen molar-refractivity contribution in [1.82, 2.24) is 19.9 Å². The topological polar surface area (TPSA) is 50.7 Å². The summed E-state index contributed by atoms with van der Waals surface area (Å²) in [6, 6.07) is 4.24. The fourth-order valence-corrected chi connectivity index (χ4v) is 2.40. The third-order valence-electron chi connectivity index (χ3n) is 2.58. The summed E-state index contributed by atoms with van der Waals surface area (Å²) in [5.74, 6) is 0. The van der Waals surface area contributed by atoms with Gasteiger partial charge in [0.1, 0.15) is 0 Å². The molecular formula is C12H15BrN4S. The molecule has 0 aromatic carbocycles. The lowest BCUT2D eigenvalue weighted by Crippen LogP contribution is -2.24. The van der Waals surface area contributed by atoms with E-state index in [9.17, 15) is 0 Å². The number of pyridine rings is 1. The van der Waals surface area contributed by atoms with Crippen molar-refractivity contribution in [1.29, 1.82) is 0 Å². The molecule has 0 fully saturated rings. The van der Waals surface area contributed by atoms with Crippen LogP contribution in [0.5, 0.6) is 0 Å². The molecule has 0 aliphatic carbocycles. The van der Waals surface area contributed by atoms with Gasteiger partial charge in [-0.25, -0.2) is 0 Å². The third kappa shape index (κ3) is 3.83.